The molecule has 34 heavy (non-hydrogen) atoms. The van der Waals surface area contributed by atoms with Crippen molar-refractivity contribution in [1.82, 2.24) is 10.2 Å². The quantitative estimate of drug-likeness (QED) is 0.436. The van der Waals surface area contributed by atoms with E-state index in [1.165, 1.54) is 23.1 Å². The molecular weight excluding hydrogens is 544 g/mol. The average molecular weight is 569 g/mol. The zero-order valence-corrected chi connectivity index (χ0v) is 22.7. The molecule has 7 nitrogen and oxygen atoms in total. The Hall–Kier alpha value is -1.71. The van der Waals surface area contributed by atoms with E-state index in [1.807, 2.05) is 0 Å². The maximum absolute atomic E-state index is 13.5. The summed E-state index contributed by atoms with van der Waals surface area (Å²) in [6.07, 6.45) is 1.26. The molecule has 0 aliphatic heterocycles. The molecule has 0 radical (unpaired) electrons. The molecule has 0 bridgehead atoms. The standard InChI is InChI=1S/C22H25Cl4N3O4S/c1-4-19(22(31)27-5-2)28(12-14-6-8-16(24)18(26)10-14)21(30)13-29(34(3,32)33)20-11-15(23)7-9-17(20)25/h6-11,19H,4-5,12-13H2,1-3H3,(H,27,31)/t19-/m0/s1. The number of sulfonamides is 1. The van der Waals surface area contributed by atoms with Gasteiger partial charge in [0.05, 0.1) is 27.0 Å². The fourth-order valence-corrected chi connectivity index (χ4v) is 4.93. The molecule has 0 aromatic heterocycles. The third-order valence-electron chi connectivity index (χ3n) is 4.93. The highest BCUT2D eigenvalue weighted by molar-refractivity contribution is 7.92. The van der Waals surface area contributed by atoms with Crippen molar-refractivity contribution < 1.29 is 18.0 Å². The van der Waals surface area contributed by atoms with Gasteiger partial charge in [-0.3, -0.25) is 13.9 Å². The molecule has 1 N–H and O–H groups in total. The van der Waals surface area contributed by atoms with Crippen LogP contribution in [0.25, 0.3) is 0 Å². The summed E-state index contributed by atoms with van der Waals surface area (Å²) < 4.78 is 26.1. The van der Waals surface area contributed by atoms with E-state index in [0.29, 0.717) is 28.6 Å². The van der Waals surface area contributed by atoms with Gasteiger partial charge in [0.15, 0.2) is 0 Å². The zero-order chi connectivity index (χ0) is 25.6. The van der Waals surface area contributed by atoms with E-state index in [4.69, 9.17) is 46.4 Å². The van der Waals surface area contributed by atoms with Crippen LogP contribution in [0.15, 0.2) is 36.4 Å². The molecule has 186 valence electrons. The number of hydrogen-bond acceptors (Lipinski definition) is 4. The van der Waals surface area contributed by atoms with Gasteiger partial charge in [-0.25, -0.2) is 8.42 Å². The minimum Gasteiger partial charge on any atom is -0.355 e. The molecule has 2 amide bonds. The highest BCUT2D eigenvalue weighted by Gasteiger charge is 2.32. The first-order valence-corrected chi connectivity index (χ1v) is 13.7. The van der Waals surface area contributed by atoms with Crippen LogP contribution in [0, 0.1) is 0 Å². The molecule has 2 aromatic rings. The van der Waals surface area contributed by atoms with Gasteiger partial charge in [-0.05, 0) is 49.2 Å². The van der Waals surface area contributed by atoms with Crippen LogP contribution in [0.5, 0.6) is 0 Å². The van der Waals surface area contributed by atoms with Crippen LogP contribution in [0.3, 0.4) is 0 Å². The van der Waals surface area contributed by atoms with E-state index < -0.39 is 28.5 Å². The van der Waals surface area contributed by atoms with Crippen molar-refractivity contribution in [2.24, 2.45) is 0 Å². The fraction of sp³-hybridized carbons (Fsp3) is 0.364. The van der Waals surface area contributed by atoms with Gasteiger partial charge >= 0.3 is 0 Å². The van der Waals surface area contributed by atoms with Crippen LogP contribution in [0.4, 0.5) is 5.69 Å². The van der Waals surface area contributed by atoms with Crippen LogP contribution >= 0.6 is 46.4 Å². The summed E-state index contributed by atoms with van der Waals surface area (Å²) in [5.74, 6) is -0.962. The topological polar surface area (TPSA) is 86.8 Å². The molecule has 0 heterocycles. The van der Waals surface area contributed by atoms with Crippen molar-refractivity contribution in [3.8, 4) is 0 Å². The van der Waals surface area contributed by atoms with Crippen LogP contribution in [0.2, 0.25) is 20.1 Å². The third kappa shape index (κ3) is 7.39. The van der Waals surface area contributed by atoms with Gasteiger partial charge in [-0.15, -0.1) is 0 Å². The highest BCUT2D eigenvalue weighted by atomic mass is 35.5. The Labute approximate surface area is 220 Å². The largest absolute Gasteiger partial charge is 0.355 e. The molecule has 1 atom stereocenters. The number of carbonyl (C=O) groups excluding carboxylic acids is 2. The van der Waals surface area contributed by atoms with Crippen LogP contribution < -0.4 is 9.62 Å². The van der Waals surface area contributed by atoms with Crippen molar-refractivity contribution >= 4 is 73.9 Å². The first-order valence-electron chi connectivity index (χ1n) is 10.3. The van der Waals surface area contributed by atoms with E-state index in [9.17, 15) is 18.0 Å². The molecule has 2 aromatic carbocycles. The number of hydrogen-bond donors (Lipinski definition) is 1. The summed E-state index contributed by atoms with van der Waals surface area (Å²) in [6, 6.07) is 8.33. The van der Waals surface area contributed by atoms with Gasteiger partial charge in [0.2, 0.25) is 21.8 Å². The van der Waals surface area contributed by atoms with Crippen LogP contribution in [-0.4, -0.2) is 50.5 Å². The minimum absolute atomic E-state index is 0.00619. The molecule has 0 fully saturated rings. The fourth-order valence-electron chi connectivity index (χ4n) is 3.32. The lowest BCUT2D eigenvalue weighted by molar-refractivity contribution is -0.140. The van der Waals surface area contributed by atoms with Crippen LogP contribution in [0.1, 0.15) is 25.8 Å². The Morgan fingerprint density at radius 2 is 1.62 bits per heavy atom. The average Bonchev–Trinajstić information content (AvgIpc) is 2.75. The molecule has 0 saturated carbocycles. The SMILES string of the molecule is CCNC(=O)[C@H](CC)N(Cc1ccc(Cl)c(Cl)c1)C(=O)CN(c1cc(Cl)ccc1Cl)S(C)(=O)=O. The van der Waals surface area contributed by atoms with E-state index in [-0.39, 0.29) is 28.2 Å². The zero-order valence-electron chi connectivity index (χ0n) is 18.8. The van der Waals surface area contributed by atoms with Gasteiger partial charge in [0.1, 0.15) is 12.6 Å². The summed E-state index contributed by atoms with van der Waals surface area (Å²) in [7, 11) is -3.93. The van der Waals surface area contributed by atoms with E-state index in [0.717, 1.165) is 10.6 Å². The number of anilines is 1. The van der Waals surface area contributed by atoms with E-state index in [2.05, 4.69) is 5.32 Å². The second-order valence-corrected chi connectivity index (χ2v) is 11.0. The number of carbonyl (C=O) groups is 2. The highest BCUT2D eigenvalue weighted by Crippen LogP contribution is 2.31. The number of nitrogens with one attached hydrogen (secondary N) is 1. The molecular formula is C22H25Cl4N3O4S. The lowest BCUT2D eigenvalue weighted by atomic mass is 10.1. The molecule has 2 rings (SSSR count). The third-order valence-corrected chi connectivity index (χ3v) is 7.35. The number of rotatable bonds is 10. The smallest absolute Gasteiger partial charge is 0.244 e. The van der Waals surface area contributed by atoms with Gasteiger partial charge in [-0.1, -0.05) is 59.4 Å². The van der Waals surface area contributed by atoms with Gasteiger partial charge in [0.25, 0.3) is 0 Å². The molecule has 0 aliphatic carbocycles. The first-order chi connectivity index (χ1) is 15.9. The minimum atomic E-state index is -3.93. The molecule has 0 aliphatic rings. The number of benzene rings is 2. The summed E-state index contributed by atoms with van der Waals surface area (Å²) in [5.41, 5.74) is 0.683. The lowest BCUT2D eigenvalue weighted by Gasteiger charge is -2.33. The van der Waals surface area contributed by atoms with Gasteiger partial charge < -0.3 is 10.2 Å². The number of halogens is 4. The van der Waals surface area contributed by atoms with Crippen molar-refractivity contribution in [1.29, 1.82) is 0 Å². The van der Waals surface area contributed by atoms with E-state index >= 15 is 0 Å². The number of nitrogens with zero attached hydrogens (tertiary/aromatic N) is 2. The predicted molar refractivity (Wildman–Crippen MR) is 138 cm³/mol. The summed E-state index contributed by atoms with van der Waals surface area (Å²) in [4.78, 5) is 27.6. The number of amides is 2. The Bertz CT molecular complexity index is 1160. The first kappa shape index (κ1) is 28.5. The van der Waals surface area contributed by atoms with Crippen LogP contribution in [-0.2, 0) is 26.2 Å². The molecule has 0 spiro atoms. The maximum Gasteiger partial charge on any atom is 0.244 e. The summed E-state index contributed by atoms with van der Waals surface area (Å²) in [5, 5.41) is 3.72. The summed E-state index contributed by atoms with van der Waals surface area (Å²) >= 11 is 24.4. The second kappa shape index (κ2) is 12.3. The van der Waals surface area contributed by atoms with Gasteiger partial charge in [0, 0.05) is 18.1 Å². The Morgan fingerprint density at radius 3 is 2.18 bits per heavy atom. The van der Waals surface area contributed by atoms with Crippen molar-refractivity contribution in [2.45, 2.75) is 32.9 Å². The predicted octanol–water partition coefficient (Wildman–Crippen LogP) is 5.01. The van der Waals surface area contributed by atoms with Crippen molar-refractivity contribution in [2.75, 3.05) is 23.7 Å². The Morgan fingerprint density at radius 1 is 0.971 bits per heavy atom. The molecule has 12 heteroatoms. The summed E-state index contributed by atoms with van der Waals surface area (Å²) in [6.45, 7) is 3.32. The van der Waals surface area contributed by atoms with E-state index in [1.54, 1.807) is 32.0 Å². The van der Waals surface area contributed by atoms with Gasteiger partial charge in [-0.2, -0.15) is 0 Å². The Kier molecular flexibility index (Phi) is 10.3. The Balaban J connectivity index is 2.50. The maximum atomic E-state index is 13.5. The number of likely N-dealkylation sites (N-methyl/N-ethyl adjacent to an activating group) is 1. The molecule has 0 unspecified atom stereocenters. The monoisotopic (exact) mass is 567 g/mol. The molecule has 0 saturated heterocycles. The van der Waals surface area contributed by atoms with Crippen molar-refractivity contribution in [3.63, 3.8) is 0 Å². The lowest BCUT2D eigenvalue weighted by Crippen LogP contribution is -2.52. The second-order valence-electron chi connectivity index (χ2n) is 7.45. The van der Waals surface area contributed by atoms with Crippen molar-refractivity contribution in [3.05, 3.63) is 62.1 Å². The normalized spacial score (nSPS) is 12.2.